The molecule has 1 aromatic carbocycles. The van der Waals surface area contributed by atoms with Crippen LogP contribution in [0, 0.1) is 5.82 Å². The number of pyridine rings is 1. The summed E-state index contributed by atoms with van der Waals surface area (Å²) >= 11 is 0. The fourth-order valence-corrected chi connectivity index (χ4v) is 1.95. The Hall–Kier alpha value is -2.67. The van der Waals surface area contributed by atoms with Crippen molar-refractivity contribution in [1.29, 1.82) is 0 Å². The van der Waals surface area contributed by atoms with E-state index in [2.05, 4.69) is 15.6 Å². The highest BCUT2D eigenvalue weighted by Crippen LogP contribution is 2.20. The molecule has 122 valence electrons. The highest BCUT2D eigenvalue weighted by atomic mass is 19.1. The number of anilines is 1. The summed E-state index contributed by atoms with van der Waals surface area (Å²) in [4.78, 5) is 15.8. The summed E-state index contributed by atoms with van der Waals surface area (Å²) in [6.07, 6.45) is 2.98. The zero-order valence-corrected chi connectivity index (χ0v) is 12.8. The van der Waals surface area contributed by atoms with E-state index in [1.165, 1.54) is 44.6 Å². The van der Waals surface area contributed by atoms with E-state index >= 15 is 0 Å². The number of hydrogen-bond donors (Lipinski definition) is 3. The number of halogens is 1. The minimum atomic E-state index is -1.40. The van der Waals surface area contributed by atoms with E-state index in [1.54, 1.807) is 12.1 Å². The van der Waals surface area contributed by atoms with Crippen LogP contribution in [0.3, 0.4) is 0 Å². The largest absolute Gasteiger partial charge is 0.495 e. The van der Waals surface area contributed by atoms with Crippen LogP contribution >= 0.6 is 0 Å². The zero-order chi connectivity index (χ0) is 16.9. The Labute approximate surface area is 133 Å². The average Bonchev–Trinajstić information content (AvgIpc) is 2.53. The number of carbonyl (C=O) groups is 1. The Morgan fingerprint density at radius 2 is 2.17 bits per heavy atom. The molecule has 0 aliphatic rings. The second kappa shape index (κ2) is 7.06. The number of carbonyl (C=O) groups excluding carboxylic acids is 1. The van der Waals surface area contributed by atoms with Gasteiger partial charge in [-0.1, -0.05) is 12.1 Å². The first-order valence-electron chi connectivity index (χ1n) is 6.93. The lowest BCUT2D eigenvalue weighted by molar-refractivity contribution is 0.0596. The fourth-order valence-electron chi connectivity index (χ4n) is 1.95. The Balaban J connectivity index is 1.95. The van der Waals surface area contributed by atoms with Crippen LogP contribution in [0.5, 0.6) is 5.75 Å². The van der Waals surface area contributed by atoms with Crippen molar-refractivity contribution in [2.45, 2.75) is 12.5 Å². The zero-order valence-electron chi connectivity index (χ0n) is 12.8. The summed E-state index contributed by atoms with van der Waals surface area (Å²) < 4.78 is 18.2. The smallest absolute Gasteiger partial charge is 0.319 e. The molecule has 23 heavy (non-hydrogen) atoms. The summed E-state index contributed by atoms with van der Waals surface area (Å²) in [6, 6.07) is 6.70. The van der Waals surface area contributed by atoms with Gasteiger partial charge in [-0.15, -0.1) is 0 Å². The Morgan fingerprint density at radius 1 is 1.39 bits per heavy atom. The molecule has 3 N–H and O–H groups in total. The molecule has 0 fully saturated rings. The molecule has 0 radical (unpaired) electrons. The molecular formula is C16H18FN3O3. The van der Waals surface area contributed by atoms with Crippen molar-refractivity contribution in [3.05, 3.63) is 54.1 Å². The highest BCUT2D eigenvalue weighted by Gasteiger charge is 2.24. The minimum Gasteiger partial charge on any atom is -0.495 e. The van der Waals surface area contributed by atoms with Crippen molar-refractivity contribution in [3.63, 3.8) is 0 Å². The first-order valence-corrected chi connectivity index (χ1v) is 6.93. The Bertz CT molecular complexity index is 692. The molecule has 6 nitrogen and oxygen atoms in total. The van der Waals surface area contributed by atoms with Crippen LogP contribution in [-0.4, -0.2) is 29.8 Å². The Kier molecular flexibility index (Phi) is 5.13. The molecular weight excluding hydrogens is 301 g/mol. The summed E-state index contributed by atoms with van der Waals surface area (Å²) in [6.45, 7) is 1.41. The van der Waals surface area contributed by atoms with Crippen LogP contribution < -0.4 is 15.4 Å². The molecule has 0 saturated heterocycles. The molecule has 0 saturated carbocycles. The number of benzene rings is 1. The van der Waals surface area contributed by atoms with Crippen molar-refractivity contribution in [2.75, 3.05) is 19.0 Å². The third kappa shape index (κ3) is 4.65. The second-order valence-electron chi connectivity index (χ2n) is 5.21. The fraction of sp³-hybridized carbons (Fsp3) is 0.250. The standard InChI is InChI=1S/C16H18FN3O3/c1-16(22,11-4-3-5-12(17)6-11)10-19-15(21)20-13-7-14(23-2)9-18-8-13/h3-9,22H,10H2,1-2H3,(H2,19,20,21). The van der Waals surface area contributed by atoms with Gasteiger partial charge in [-0.05, 0) is 24.6 Å². The number of ether oxygens (including phenoxy) is 1. The van der Waals surface area contributed by atoms with Gasteiger partial charge >= 0.3 is 6.03 Å². The molecule has 7 heteroatoms. The quantitative estimate of drug-likeness (QED) is 0.789. The van der Waals surface area contributed by atoms with Crippen molar-refractivity contribution in [2.24, 2.45) is 0 Å². The van der Waals surface area contributed by atoms with Gasteiger partial charge in [0, 0.05) is 6.07 Å². The van der Waals surface area contributed by atoms with Crippen molar-refractivity contribution >= 4 is 11.7 Å². The van der Waals surface area contributed by atoms with E-state index in [4.69, 9.17) is 4.74 Å². The summed E-state index contributed by atoms with van der Waals surface area (Å²) in [5.74, 6) is 0.0595. The topological polar surface area (TPSA) is 83.5 Å². The molecule has 0 aliphatic heterocycles. The average molecular weight is 319 g/mol. The Morgan fingerprint density at radius 3 is 2.87 bits per heavy atom. The molecule has 0 aliphatic carbocycles. The minimum absolute atomic E-state index is 0.0836. The van der Waals surface area contributed by atoms with E-state index in [-0.39, 0.29) is 6.54 Å². The molecule has 0 bridgehead atoms. The van der Waals surface area contributed by atoms with Crippen LogP contribution in [-0.2, 0) is 5.60 Å². The SMILES string of the molecule is COc1cncc(NC(=O)NCC(C)(O)c2cccc(F)c2)c1. The first-order chi connectivity index (χ1) is 10.9. The number of amides is 2. The second-order valence-corrected chi connectivity index (χ2v) is 5.21. The summed E-state index contributed by atoms with van der Waals surface area (Å²) in [5, 5.41) is 15.5. The van der Waals surface area contributed by atoms with Gasteiger partial charge in [0.05, 0.1) is 31.7 Å². The van der Waals surface area contributed by atoms with Crippen LogP contribution in [0.2, 0.25) is 0 Å². The predicted molar refractivity (Wildman–Crippen MR) is 83.8 cm³/mol. The molecule has 0 spiro atoms. The number of aromatic nitrogens is 1. The van der Waals surface area contributed by atoms with Crippen LogP contribution in [0.4, 0.5) is 14.9 Å². The lowest BCUT2D eigenvalue weighted by atomic mass is 9.96. The van der Waals surface area contributed by atoms with Crippen LogP contribution in [0.1, 0.15) is 12.5 Å². The maximum atomic E-state index is 13.2. The summed E-state index contributed by atoms with van der Waals surface area (Å²) in [5.41, 5.74) is -0.570. The lowest BCUT2D eigenvalue weighted by Crippen LogP contribution is -2.40. The molecule has 1 atom stereocenters. The normalized spacial score (nSPS) is 13.0. The summed E-state index contributed by atoms with van der Waals surface area (Å²) in [7, 11) is 1.50. The monoisotopic (exact) mass is 319 g/mol. The molecule has 1 heterocycles. The third-order valence-corrected chi connectivity index (χ3v) is 3.25. The number of methoxy groups -OCH3 is 1. The number of nitrogens with zero attached hydrogens (tertiary/aromatic N) is 1. The molecule has 2 amide bonds. The maximum Gasteiger partial charge on any atom is 0.319 e. The van der Waals surface area contributed by atoms with Crippen LogP contribution in [0.15, 0.2) is 42.7 Å². The van der Waals surface area contributed by atoms with E-state index < -0.39 is 17.4 Å². The van der Waals surface area contributed by atoms with Gasteiger partial charge < -0.3 is 20.5 Å². The van der Waals surface area contributed by atoms with Gasteiger partial charge in [-0.3, -0.25) is 4.98 Å². The van der Waals surface area contributed by atoms with E-state index in [1.807, 2.05) is 0 Å². The van der Waals surface area contributed by atoms with Crippen molar-refractivity contribution in [1.82, 2.24) is 10.3 Å². The number of urea groups is 1. The van der Waals surface area contributed by atoms with Crippen LogP contribution in [0.25, 0.3) is 0 Å². The highest BCUT2D eigenvalue weighted by molar-refractivity contribution is 5.89. The van der Waals surface area contributed by atoms with E-state index in [0.29, 0.717) is 17.0 Å². The number of aliphatic hydroxyl groups is 1. The molecule has 1 aromatic heterocycles. The maximum absolute atomic E-state index is 13.2. The molecule has 2 aromatic rings. The third-order valence-electron chi connectivity index (χ3n) is 3.25. The number of hydrogen-bond acceptors (Lipinski definition) is 4. The number of rotatable bonds is 5. The van der Waals surface area contributed by atoms with Gasteiger partial charge in [0.1, 0.15) is 17.2 Å². The van der Waals surface area contributed by atoms with Gasteiger partial charge in [0.2, 0.25) is 0 Å². The van der Waals surface area contributed by atoms with Gasteiger partial charge in [-0.25, -0.2) is 9.18 Å². The van der Waals surface area contributed by atoms with Crippen molar-refractivity contribution < 1.29 is 19.0 Å². The number of nitrogens with one attached hydrogen (secondary N) is 2. The predicted octanol–water partition coefficient (Wildman–Crippen LogP) is 2.26. The van der Waals surface area contributed by atoms with Crippen molar-refractivity contribution in [3.8, 4) is 5.75 Å². The molecule has 2 rings (SSSR count). The molecule has 1 unspecified atom stereocenters. The van der Waals surface area contributed by atoms with Gasteiger partial charge in [0.25, 0.3) is 0 Å². The van der Waals surface area contributed by atoms with E-state index in [0.717, 1.165) is 0 Å². The lowest BCUT2D eigenvalue weighted by Gasteiger charge is -2.24. The van der Waals surface area contributed by atoms with Gasteiger partial charge in [0.15, 0.2) is 0 Å². The van der Waals surface area contributed by atoms with Gasteiger partial charge in [-0.2, -0.15) is 0 Å². The first kappa shape index (κ1) is 16.7. The van der Waals surface area contributed by atoms with E-state index in [9.17, 15) is 14.3 Å².